The topological polar surface area (TPSA) is 73.8 Å². The van der Waals surface area contributed by atoms with Crippen molar-refractivity contribution in [1.29, 1.82) is 0 Å². The standard InChI is InChI=1S/C13H26O.2C12H24O.2C11H22O.2C10H20O.C9H18O.CH4/c1-5-11-6-8-12(9-7-11)10-14-13(2,3)4;1-10-5-7-11(8-6-10)9-13-12(2,3)4;1-5-10-6-8-11(9-7-10)13-12(2,3)4;1-9-5-7-10(8-6-9)12-11(2,3)4;1-5-9-6-10(7-9)8-12-11(2,3)4;1-8-5-9(6-8)7-11-10(2,3)4;1-5-8-6-9(7-8)11-10(2,3)4;1-7-5-8(6-7)10-9(2,3)4;/h11-12H,5-10H2,1-4H3;2*10-11H,5-9H2,1-4H3;2*9-10H,5-8H2,1-4H3;2*8-9H,5-7H2,1-4H3;7-8H,5-6H2,1-4H3;1H4. The molecule has 0 unspecified atom stereocenters. The van der Waals surface area contributed by atoms with Crippen molar-refractivity contribution in [2.24, 2.45) is 71.0 Å². The predicted molar refractivity (Wildman–Crippen MR) is 425 cm³/mol. The van der Waals surface area contributed by atoms with E-state index in [1.807, 2.05) is 0 Å². The molecule has 0 aromatic heterocycles. The zero-order valence-corrected chi connectivity index (χ0v) is 71.1. The summed E-state index contributed by atoms with van der Waals surface area (Å²) in [5.74, 6) is 11.0. The molecule has 0 N–H and O–H groups in total. The molecule has 8 rings (SSSR count). The van der Waals surface area contributed by atoms with Crippen LogP contribution in [0.25, 0.3) is 0 Å². The van der Waals surface area contributed by atoms with E-state index in [0.29, 0.717) is 24.4 Å². The van der Waals surface area contributed by atoms with Crippen molar-refractivity contribution < 1.29 is 37.9 Å². The Kier molecular flexibility index (Phi) is 46.4. The number of ether oxygens (including phenoxy) is 8. The molecule has 0 saturated heterocycles. The molecule has 584 valence electrons. The summed E-state index contributed by atoms with van der Waals surface area (Å²) < 4.78 is 46.5. The lowest BCUT2D eigenvalue weighted by Crippen LogP contribution is -2.37. The molecule has 8 aliphatic rings. The van der Waals surface area contributed by atoms with Crippen LogP contribution in [0.4, 0.5) is 0 Å². The van der Waals surface area contributed by atoms with Crippen LogP contribution in [0.5, 0.6) is 0 Å². The van der Waals surface area contributed by atoms with Crippen LogP contribution in [-0.4, -0.2) is 95.7 Å². The highest BCUT2D eigenvalue weighted by atomic mass is 16.5. The molecule has 0 aromatic carbocycles. The summed E-state index contributed by atoms with van der Waals surface area (Å²) in [6.07, 6.45) is 39.9. The molecule has 8 heteroatoms. The maximum Gasteiger partial charge on any atom is 0.0602 e. The summed E-state index contributed by atoms with van der Waals surface area (Å²) in [6.45, 7) is 73.6. The van der Waals surface area contributed by atoms with Gasteiger partial charge in [0, 0.05) is 0 Å². The lowest BCUT2D eigenvalue weighted by molar-refractivity contribution is -0.112. The summed E-state index contributed by atoms with van der Waals surface area (Å²) in [5.41, 5.74) is 0.407. The molecule has 8 aliphatic carbocycles. The third-order valence-electron chi connectivity index (χ3n) is 20.6. The zero-order valence-electron chi connectivity index (χ0n) is 71.1. The van der Waals surface area contributed by atoms with Crippen LogP contribution in [0, 0.1) is 71.0 Å². The van der Waals surface area contributed by atoms with Crippen LogP contribution < -0.4 is 0 Å². The minimum Gasteiger partial charge on any atom is -0.376 e. The fourth-order valence-electron chi connectivity index (χ4n) is 14.4. The van der Waals surface area contributed by atoms with Crippen LogP contribution in [0.2, 0.25) is 0 Å². The number of hydrogen-bond donors (Lipinski definition) is 0. The SMILES string of the molecule is C.CC1CC(COC(C)(C)C)C1.CC1CC(OC(C)(C)C)C1.CC1CCC(COC(C)(C)C)CC1.CC1CCC(OC(C)(C)C)CC1.CCC1CC(COC(C)(C)C)C1.CCC1CC(OC(C)(C)C)C1.CCC1CCC(COC(C)(C)C)CC1.CCC1CCC(OC(C)(C)C)CC1. The molecule has 0 radical (unpaired) electrons. The first-order chi connectivity index (χ1) is 43.9. The normalized spacial score (nSPS) is 30.7. The van der Waals surface area contributed by atoms with Gasteiger partial charge in [0.2, 0.25) is 0 Å². The molecule has 0 spiro atoms. The van der Waals surface area contributed by atoms with Crippen molar-refractivity contribution in [2.45, 2.75) is 478 Å². The van der Waals surface area contributed by atoms with E-state index in [9.17, 15) is 0 Å². The van der Waals surface area contributed by atoms with Gasteiger partial charge in [0.25, 0.3) is 0 Å². The average Bonchev–Trinajstić information content (AvgIpc) is 1.19. The Hall–Kier alpha value is -0.320. The van der Waals surface area contributed by atoms with Gasteiger partial charge in [-0.3, -0.25) is 0 Å². The highest BCUT2D eigenvalue weighted by molar-refractivity contribution is 4.84. The molecular weight excluding hydrogens is 1200 g/mol. The Morgan fingerprint density at radius 1 is 0.206 bits per heavy atom. The summed E-state index contributed by atoms with van der Waals surface area (Å²) in [5, 5.41) is 0. The van der Waals surface area contributed by atoms with Crippen molar-refractivity contribution in [2.75, 3.05) is 26.4 Å². The summed E-state index contributed by atoms with van der Waals surface area (Å²) in [6, 6.07) is 0. The zero-order chi connectivity index (χ0) is 73.5. The van der Waals surface area contributed by atoms with Crippen LogP contribution in [0.15, 0.2) is 0 Å². The predicted octanol–water partition coefficient (Wildman–Crippen LogP) is 27.1. The number of hydrogen-bond acceptors (Lipinski definition) is 8. The van der Waals surface area contributed by atoms with Crippen LogP contribution in [-0.2, 0) is 37.9 Å². The third kappa shape index (κ3) is 54.9. The second-order valence-electron chi connectivity index (χ2n) is 40.6. The molecule has 0 amide bonds. The van der Waals surface area contributed by atoms with E-state index in [0.717, 1.165) is 97.4 Å². The van der Waals surface area contributed by atoms with Gasteiger partial charge in [-0.15, -0.1) is 0 Å². The van der Waals surface area contributed by atoms with E-state index >= 15 is 0 Å². The number of rotatable bonds is 16. The maximum absolute atomic E-state index is 5.97. The Balaban J connectivity index is 0.00000109. The van der Waals surface area contributed by atoms with Crippen molar-refractivity contribution in [1.82, 2.24) is 0 Å². The highest BCUT2D eigenvalue weighted by Crippen LogP contribution is 2.39. The van der Waals surface area contributed by atoms with Gasteiger partial charge >= 0.3 is 0 Å². The highest BCUT2D eigenvalue weighted by Gasteiger charge is 2.34. The van der Waals surface area contributed by atoms with E-state index in [2.05, 4.69) is 222 Å². The van der Waals surface area contributed by atoms with Gasteiger partial charge in [-0.2, -0.15) is 0 Å². The molecule has 0 aliphatic heterocycles. The maximum atomic E-state index is 5.97. The molecule has 8 nitrogen and oxygen atoms in total. The summed E-state index contributed by atoms with van der Waals surface area (Å²) in [7, 11) is 0. The quantitative estimate of drug-likeness (QED) is 0.151. The average molecular weight is 1380 g/mol. The van der Waals surface area contributed by atoms with Gasteiger partial charge < -0.3 is 37.9 Å². The van der Waals surface area contributed by atoms with Crippen molar-refractivity contribution in [3.8, 4) is 0 Å². The van der Waals surface area contributed by atoms with Gasteiger partial charge in [-0.1, -0.05) is 114 Å². The van der Waals surface area contributed by atoms with E-state index in [1.54, 1.807) is 0 Å². The van der Waals surface area contributed by atoms with Crippen molar-refractivity contribution >= 4 is 0 Å². The second-order valence-corrected chi connectivity index (χ2v) is 40.6. The third-order valence-corrected chi connectivity index (χ3v) is 20.6. The summed E-state index contributed by atoms with van der Waals surface area (Å²) >= 11 is 0. The monoisotopic (exact) mass is 1380 g/mol. The fourth-order valence-corrected chi connectivity index (χ4v) is 14.4. The van der Waals surface area contributed by atoms with Crippen LogP contribution in [0.3, 0.4) is 0 Å². The Morgan fingerprint density at radius 3 is 0.701 bits per heavy atom. The van der Waals surface area contributed by atoms with Gasteiger partial charge in [-0.25, -0.2) is 0 Å². The molecule has 0 atom stereocenters. The van der Waals surface area contributed by atoms with Gasteiger partial charge in [0.15, 0.2) is 0 Å². The second kappa shape index (κ2) is 46.6. The first kappa shape index (κ1) is 96.7. The molecule has 0 aromatic rings. The smallest absolute Gasteiger partial charge is 0.0602 e. The van der Waals surface area contributed by atoms with Crippen molar-refractivity contribution in [3.63, 3.8) is 0 Å². The fraction of sp³-hybridized carbons (Fsp3) is 1.00. The minimum absolute atomic E-state index is 0. The van der Waals surface area contributed by atoms with Crippen molar-refractivity contribution in [3.05, 3.63) is 0 Å². The molecular formula is C89H180O8. The molecule has 97 heavy (non-hydrogen) atoms. The van der Waals surface area contributed by atoms with E-state index in [-0.39, 0.29) is 52.2 Å². The molecule has 0 heterocycles. The first-order valence-corrected chi connectivity index (χ1v) is 41.2. The summed E-state index contributed by atoms with van der Waals surface area (Å²) in [4.78, 5) is 0. The largest absolute Gasteiger partial charge is 0.376 e. The molecule has 8 fully saturated rings. The van der Waals surface area contributed by atoms with E-state index < -0.39 is 0 Å². The van der Waals surface area contributed by atoms with Crippen LogP contribution in [0.1, 0.15) is 409 Å². The van der Waals surface area contributed by atoms with Gasteiger partial charge in [-0.05, 0) is 366 Å². The van der Waals surface area contributed by atoms with E-state index in [1.165, 1.54) is 180 Å². The molecule has 8 saturated carbocycles. The Morgan fingerprint density at radius 2 is 0.423 bits per heavy atom. The lowest BCUT2D eigenvalue weighted by Gasteiger charge is -2.38. The Labute approximate surface area is 610 Å². The Bertz CT molecular complexity index is 1830. The van der Waals surface area contributed by atoms with Gasteiger partial charge in [0.1, 0.15) is 0 Å². The van der Waals surface area contributed by atoms with E-state index in [4.69, 9.17) is 37.9 Å². The van der Waals surface area contributed by atoms with Gasteiger partial charge in [0.05, 0.1) is 95.7 Å². The first-order valence-electron chi connectivity index (χ1n) is 41.2. The minimum atomic E-state index is 0. The van der Waals surface area contributed by atoms with Crippen LogP contribution >= 0.6 is 0 Å². The molecule has 0 bridgehead atoms. The lowest BCUT2D eigenvalue weighted by atomic mass is 9.74.